The molecule has 0 radical (unpaired) electrons. The molecule has 3 N–H and O–H groups in total. The van der Waals surface area contributed by atoms with Gasteiger partial charge in [0.05, 0.1) is 11.4 Å². The Kier molecular flexibility index (Phi) is 4.90. The third kappa shape index (κ3) is 4.01. The first-order valence-corrected chi connectivity index (χ1v) is 8.49. The Morgan fingerprint density at radius 3 is 2.86 bits per heavy atom. The second kappa shape index (κ2) is 6.67. The van der Waals surface area contributed by atoms with Crippen LogP contribution in [0.15, 0.2) is 29.2 Å². The van der Waals surface area contributed by atoms with Gasteiger partial charge in [0, 0.05) is 5.56 Å². The van der Waals surface area contributed by atoms with Crippen LogP contribution in [0, 0.1) is 11.8 Å². The van der Waals surface area contributed by atoms with Gasteiger partial charge in [-0.1, -0.05) is 36.2 Å². The molecule has 1 aromatic heterocycles. The Hall–Kier alpha value is -1.95. The van der Waals surface area contributed by atoms with Crippen molar-refractivity contribution in [2.24, 2.45) is 5.73 Å². The van der Waals surface area contributed by atoms with E-state index in [2.05, 4.69) is 26.8 Å². The molecule has 0 amide bonds. The second-order valence-corrected chi connectivity index (χ2v) is 6.74. The molecule has 0 saturated heterocycles. The molecule has 1 aromatic carbocycles. The number of nitrogens with one attached hydrogen (secondary N) is 1. The van der Waals surface area contributed by atoms with E-state index in [1.165, 1.54) is 23.5 Å². The van der Waals surface area contributed by atoms with Crippen molar-refractivity contribution in [2.45, 2.75) is 18.2 Å². The van der Waals surface area contributed by atoms with Crippen molar-refractivity contribution in [1.29, 1.82) is 0 Å². The van der Waals surface area contributed by atoms with Crippen LogP contribution in [0.2, 0.25) is 0 Å². The molecule has 0 bridgehead atoms. The van der Waals surface area contributed by atoms with Gasteiger partial charge in [-0.05, 0) is 24.6 Å². The number of sulfonamides is 1. The average Bonchev–Trinajstić information content (AvgIpc) is 2.92. The lowest BCUT2D eigenvalue weighted by atomic mass is 10.2. The van der Waals surface area contributed by atoms with E-state index in [1.807, 2.05) is 6.92 Å². The molecule has 2 rings (SSSR count). The number of nitrogens with zero attached hydrogens (tertiary/aromatic N) is 2. The highest BCUT2D eigenvalue weighted by atomic mass is 32.2. The molecule has 0 spiro atoms. The summed E-state index contributed by atoms with van der Waals surface area (Å²) >= 11 is 1.22. The van der Waals surface area contributed by atoms with E-state index >= 15 is 0 Å². The fourth-order valence-electron chi connectivity index (χ4n) is 1.51. The van der Waals surface area contributed by atoms with E-state index in [4.69, 9.17) is 5.73 Å². The van der Waals surface area contributed by atoms with E-state index in [9.17, 15) is 8.42 Å². The predicted molar refractivity (Wildman–Crippen MR) is 82.5 cm³/mol. The van der Waals surface area contributed by atoms with Crippen molar-refractivity contribution in [3.8, 4) is 11.8 Å². The van der Waals surface area contributed by atoms with Gasteiger partial charge in [0.15, 0.2) is 0 Å². The van der Waals surface area contributed by atoms with Crippen LogP contribution in [0.4, 0.5) is 5.13 Å². The predicted octanol–water partition coefficient (Wildman–Crippen LogP) is 1.21. The summed E-state index contributed by atoms with van der Waals surface area (Å²) in [7, 11) is -3.70. The van der Waals surface area contributed by atoms with E-state index < -0.39 is 10.0 Å². The molecule has 0 unspecified atom stereocenters. The quantitative estimate of drug-likeness (QED) is 0.825. The van der Waals surface area contributed by atoms with Crippen molar-refractivity contribution in [3.05, 3.63) is 34.8 Å². The van der Waals surface area contributed by atoms with Crippen molar-refractivity contribution in [3.63, 3.8) is 0 Å². The van der Waals surface area contributed by atoms with E-state index in [1.54, 1.807) is 12.1 Å². The lowest BCUT2D eigenvalue weighted by Crippen LogP contribution is -2.12. The first-order valence-electron chi connectivity index (χ1n) is 6.19. The van der Waals surface area contributed by atoms with Gasteiger partial charge in [0.1, 0.15) is 5.01 Å². The van der Waals surface area contributed by atoms with Gasteiger partial charge in [-0.15, -0.1) is 10.2 Å². The van der Waals surface area contributed by atoms with Crippen molar-refractivity contribution in [1.82, 2.24) is 10.2 Å². The van der Waals surface area contributed by atoms with Crippen LogP contribution in [-0.4, -0.2) is 25.2 Å². The summed E-state index contributed by atoms with van der Waals surface area (Å²) in [6, 6.07) is 6.35. The summed E-state index contributed by atoms with van der Waals surface area (Å²) in [4.78, 5) is 0.125. The lowest BCUT2D eigenvalue weighted by Gasteiger charge is -2.04. The van der Waals surface area contributed by atoms with Crippen molar-refractivity contribution >= 4 is 26.5 Å². The van der Waals surface area contributed by atoms with Crippen LogP contribution in [0.25, 0.3) is 0 Å². The van der Waals surface area contributed by atoms with E-state index in [-0.39, 0.29) is 16.6 Å². The third-order valence-corrected chi connectivity index (χ3v) is 4.92. The first kappa shape index (κ1) is 15.4. The molecular weight excluding hydrogens is 308 g/mol. The molecule has 0 aliphatic heterocycles. The highest BCUT2D eigenvalue weighted by Gasteiger charge is 2.16. The Labute approximate surface area is 127 Å². The minimum atomic E-state index is -3.70. The van der Waals surface area contributed by atoms with Gasteiger partial charge >= 0.3 is 0 Å². The molecule has 0 fully saturated rings. The summed E-state index contributed by atoms with van der Waals surface area (Å²) < 4.78 is 27.0. The molecule has 110 valence electrons. The van der Waals surface area contributed by atoms with Gasteiger partial charge in [0.25, 0.3) is 10.0 Å². The number of nitrogens with two attached hydrogens (primary N) is 1. The third-order valence-electron chi connectivity index (χ3n) is 2.47. The van der Waals surface area contributed by atoms with Crippen LogP contribution in [0.5, 0.6) is 0 Å². The van der Waals surface area contributed by atoms with Crippen LogP contribution in [0.1, 0.15) is 17.5 Å². The zero-order chi connectivity index (χ0) is 15.3. The van der Waals surface area contributed by atoms with Gasteiger partial charge in [0.2, 0.25) is 5.13 Å². The van der Waals surface area contributed by atoms with Gasteiger partial charge in [-0.25, -0.2) is 8.42 Å². The summed E-state index contributed by atoms with van der Waals surface area (Å²) in [5.74, 6) is 5.49. The molecule has 2 aromatic rings. The SMILES string of the molecule is CCc1nnc(NS(=O)(=O)c2cccc(C#CCN)c2)s1. The number of hydrogen-bond acceptors (Lipinski definition) is 6. The fourth-order valence-corrected chi connectivity index (χ4v) is 3.46. The van der Waals surface area contributed by atoms with Gasteiger partial charge in [-0.2, -0.15) is 0 Å². The number of benzene rings is 1. The lowest BCUT2D eigenvalue weighted by molar-refractivity contribution is 0.601. The first-order chi connectivity index (χ1) is 10.0. The van der Waals surface area contributed by atoms with Crippen molar-refractivity contribution in [2.75, 3.05) is 11.3 Å². The van der Waals surface area contributed by atoms with Crippen LogP contribution in [0.3, 0.4) is 0 Å². The molecular formula is C13H14N4O2S2. The Morgan fingerprint density at radius 2 is 2.19 bits per heavy atom. The summed E-state index contributed by atoms with van der Waals surface area (Å²) in [6.07, 6.45) is 0.712. The minimum Gasteiger partial charge on any atom is -0.320 e. The molecule has 0 saturated carbocycles. The zero-order valence-electron chi connectivity index (χ0n) is 11.3. The Morgan fingerprint density at radius 1 is 1.38 bits per heavy atom. The average molecular weight is 322 g/mol. The summed E-state index contributed by atoms with van der Waals surface area (Å²) in [6.45, 7) is 2.15. The highest BCUT2D eigenvalue weighted by Crippen LogP contribution is 2.20. The van der Waals surface area contributed by atoms with Crippen LogP contribution < -0.4 is 10.5 Å². The van der Waals surface area contributed by atoms with Crippen LogP contribution >= 0.6 is 11.3 Å². The molecule has 0 aliphatic rings. The number of aromatic nitrogens is 2. The minimum absolute atomic E-state index is 0.125. The molecule has 0 atom stereocenters. The molecule has 0 aliphatic carbocycles. The topological polar surface area (TPSA) is 98.0 Å². The summed E-state index contributed by atoms with van der Waals surface area (Å²) in [5.41, 5.74) is 5.89. The van der Waals surface area contributed by atoms with Crippen molar-refractivity contribution < 1.29 is 8.42 Å². The number of hydrogen-bond donors (Lipinski definition) is 2. The number of rotatable bonds is 4. The molecule has 6 nitrogen and oxygen atoms in total. The molecule has 21 heavy (non-hydrogen) atoms. The normalized spacial score (nSPS) is 10.8. The highest BCUT2D eigenvalue weighted by molar-refractivity contribution is 7.93. The summed E-state index contributed by atoms with van der Waals surface area (Å²) in [5, 5.41) is 8.71. The molecule has 8 heteroatoms. The monoisotopic (exact) mass is 322 g/mol. The zero-order valence-corrected chi connectivity index (χ0v) is 13.0. The number of anilines is 1. The van der Waals surface area contributed by atoms with Crippen LogP contribution in [-0.2, 0) is 16.4 Å². The second-order valence-electron chi connectivity index (χ2n) is 3.99. The maximum atomic E-state index is 12.3. The number of aryl methyl sites for hydroxylation is 1. The largest absolute Gasteiger partial charge is 0.320 e. The van der Waals surface area contributed by atoms with Gasteiger partial charge < -0.3 is 5.73 Å². The fraction of sp³-hybridized carbons (Fsp3) is 0.231. The Balaban J connectivity index is 2.26. The maximum Gasteiger partial charge on any atom is 0.263 e. The van der Waals surface area contributed by atoms with E-state index in [0.717, 1.165) is 5.01 Å². The van der Waals surface area contributed by atoms with E-state index in [0.29, 0.717) is 12.0 Å². The smallest absolute Gasteiger partial charge is 0.263 e. The maximum absolute atomic E-state index is 12.3. The van der Waals surface area contributed by atoms with Gasteiger partial charge in [-0.3, -0.25) is 4.72 Å². The standard InChI is InChI=1S/C13H14N4O2S2/c1-2-12-15-16-13(20-12)17-21(18,19)11-7-3-5-10(9-11)6-4-8-14/h3,5,7,9H,2,8,14H2,1H3,(H,16,17). The Bertz CT molecular complexity index is 788. The molecule has 1 heterocycles.